The molecule has 16 heavy (non-hydrogen) atoms. The number of carboxylic acid groups (broad SMARTS) is 1. The zero-order chi connectivity index (χ0) is 12.1. The van der Waals surface area contributed by atoms with Gasteiger partial charge in [-0.2, -0.15) is 0 Å². The van der Waals surface area contributed by atoms with Gasteiger partial charge < -0.3 is 19.6 Å². The number of aliphatic carboxylic acids is 1. The summed E-state index contributed by atoms with van der Waals surface area (Å²) in [6.07, 6.45) is 0.199. The Balaban J connectivity index is 2.27. The quantitative estimate of drug-likeness (QED) is 0.719. The van der Waals surface area contributed by atoms with Gasteiger partial charge in [-0.1, -0.05) is 6.92 Å². The van der Waals surface area contributed by atoms with E-state index in [-0.39, 0.29) is 12.0 Å². The summed E-state index contributed by atoms with van der Waals surface area (Å²) in [6, 6.07) is 0. The lowest BCUT2D eigenvalue weighted by Gasteiger charge is -2.33. The van der Waals surface area contributed by atoms with Crippen molar-refractivity contribution in [3.63, 3.8) is 0 Å². The molecule has 5 nitrogen and oxygen atoms in total. The molecular formula is C11H22N2O3. The lowest BCUT2D eigenvalue weighted by molar-refractivity contribution is -0.141. The summed E-state index contributed by atoms with van der Waals surface area (Å²) in [5.74, 6) is -1.07. The van der Waals surface area contributed by atoms with Crippen LogP contribution in [0.3, 0.4) is 0 Å². The van der Waals surface area contributed by atoms with Crippen LogP contribution in [0, 0.1) is 5.92 Å². The van der Waals surface area contributed by atoms with Gasteiger partial charge in [0, 0.05) is 26.2 Å². The summed E-state index contributed by atoms with van der Waals surface area (Å²) in [4.78, 5) is 15.0. The van der Waals surface area contributed by atoms with E-state index in [0.717, 1.165) is 26.2 Å². The van der Waals surface area contributed by atoms with E-state index in [2.05, 4.69) is 11.9 Å². The van der Waals surface area contributed by atoms with Gasteiger partial charge in [0.15, 0.2) is 0 Å². The topological polar surface area (TPSA) is 53.0 Å². The fourth-order valence-electron chi connectivity index (χ4n) is 1.95. The maximum Gasteiger partial charge on any atom is 0.307 e. The van der Waals surface area contributed by atoms with E-state index in [9.17, 15) is 4.79 Å². The number of morpholine rings is 1. The maximum atomic E-state index is 10.7. The number of likely N-dealkylation sites (N-methyl/N-ethyl adjacent to an activating group) is 2. The van der Waals surface area contributed by atoms with Gasteiger partial charge in [0.25, 0.3) is 0 Å². The van der Waals surface area contributed by atoms with E-state index in [0.29, 0.717) is 6.54 Å². The summed E-state index contributed by atoms with van der Waals surface area (Å²) in [5.41, 5.74) is 0. The van der Waals surface area contributed by atoms with E-state index in [1.165, 1.54) is 0 Å². The minimum absolute atomic E-state index is 0.199. The number of hydrogen-bond donors (Lipinski definition) is 1. The van der Waals surface area contributed by atoms with Gasteiger partial charge in [-0.05, 0) is 14.1 Å². The third-order valence-corrected chi connectivity index (χ3v) is 2.86. The number of hydrogen-bond acceptors (Lipinski definition) is 4. The Hall–Kier alpha value is -0.650. The van der Waals surface area contributed by atoms with Crippen LogP contribution in [0.25, 0.3) is 0 Å². The molecule has 1 rings (SSSR count). The molecule has 1 saturated heterocycles. The minimum atomic E-state index is -0.742. The van der Waals surface area contributed by atoms with Gasteiger partial charge in [0.05, 0.1) is 18.6 Å². The molecule has 5 heteroatoms. The first-order chi connectivity index (χ1) is 7.49. The second-order valence-corrected chi connectivity index (χ2v) is 4.72. The first-order valence-electron chi connectivity index (χ1n) is 5.70. The Morgan fingerprint density at radius 3 is 2.94 bits per heavy atom. The molecule has 1 fully saturated rings. The van der Waals surface area contributed by atoms with Crippen molar-refractivity contribution >= 4 is 5.97 Å². The zero-order valence-corrected chi connectivity index (χ0v) is 10.3. The highest BCUT2D eigenvalue weighted by molar-refractivity contribution is 5.69. The first-order valence-corrected chi connectivity index (χ1v) is 5.70. The standard InChI is InChI=1S/C11H22N2O3/c1-9(11(14)15)6-13(3)8-10-7-12(2)4-5-16-10/h9-10H,4-8H2,1-3H3,(H,14,15). The molecule has 0 saturated carbocycles. The number of nitrogens with zero attached hydrogens (tertiary/aromatic N) is 2. The molecule has 94 valence electrons. The van der Waals surface area contributed by atoms with Crippen molar-refractivity contribution in [2.45, 2.75) is 13.0 Å². The number of carboxylic acids is 1. The third kappa shape index (κ3) is 4.47. The van der Waals surface area contributed by atoms with Crippen LogP contribution in [0.15, 0.2) is 0 Å². The fourth-order valence-corrected chi connectivity index (χ4v) is 1.95. The molecule has 1 N–H and O–H groups in total. The molecule has 2 unspecified atom stereocenters. The zero-order valence-electron chi connectivity index (χ0n) is 10.3. The highest BCUT2D eigenvalue weighted by Gasteiger charge is 2.21. The molecule has 1 aliphatic heterocycles. The van der Waals surface area contributed by atoms with E-state index >= 15 is 0 Å². The molecule has 0 aliphatic carbocycles. The number of ether oxygens (including phenoxy) is 1. The molecule has 0 bridgehead atoms. The SMILES string of the molecule is CC(CN(C)CC1CN(C)CCO1)C(=O)O. The third-order valence-electron chi connectivity index (χ3n) is 2.86. The normalized spacial score (nSPS) is 24.6. The predicted molar refractivity (Wildman–Crippen MR) is 61.5 cm³/mol. The molecule has 0 aromatic carbocycles. The van der Waals surface area contributed by atoms with E-state index < -0.39 is 5.97 Å². The van der Waals surface area contributed by atoms with Crippen LogP contribution in [0.4, 0.5) is 0 Å². The Morgan fingerprint density at radius 2 is 2.38 bits per heavy atom. The maximum absolute atomic E-state index is 10.7. The molecule has 1 aliphatic rings. The van der Waals surface area contributed by atoms with Crippen LogP contribution >= 0.6 is 0 Å². The van der Waals surface area contributed by atoms with Crippen molar-refractivity contribution < 1.29 is 14.6 Å². The van der Waals surface area contributed by atoms with E-state index in [1.807, 2.05) is 11.9 Å². The largest absolute Gasteiger partial charge is 0.481 e. The monoisotopic (exact) mass is 230 g/mol. The van der Waals surface area contributed by atoms with E-state index in [1.54, 1.807) is 6.92 Å². The second-order valence-electron chi connectivity index (χ2n) is 4.72. The summed E-state index contributed by atoms with van der Waals surface area (Å²) in [5, 5.41) is 8.81. The highest BCUT2D eigenvalue weighted by atomic mass is 16.5. The van der Waals surface area contributed by atoms with Crippen LogP contribution in [0.5, 0.6) is 0 Å². The molecule has 0 amide bonds. The Labute approximate surface area is 97.0 Å². The molecule has 0 aromatic rings. The van der Waals surface area contributed by atoms with Gasteiger partial charge in [-0.3, -0.25) is 4.79 Å². The van der Waals surface area contributed by atoms with Gasteiger partial charge >= 0.3 is 5.97 Å². The number of rotatable bonds is 5. The van der Waals surface area contributed by atoms with Crippen LogP contribution in [-0.4, -0.2) is 73.9 Å². The average molecular weight is 230 g/mol. The fraction of sp³-hybridized carbons (Fsp3) is 0.909. The molecular weight excluding hydrogens is 208 g/mol. The van der Waals surface area contributed by atoms with Crippen molar-refractivity contribution in [3.8, 4) is 0 Å². The first kappa shape index (κ1) is 13.4. The van der Waals surface area contributed by atoms with Crippen LogP contribution in [0.1, 0.15) is 6.92 Å². The Bertz CT molecular complexity index is 235. The van der Waals surface area contributed by atoms with Crippen molar-refractivity contribution in [1.82, 2.24) is 9.80 Å². The Kier molecular flexibility index (Phi) is 5.18. The molecule has 0 aromatic heterocycles. The number of carbonyl (C=O) groups is 1. The molecule has 0 spiro atoms. The van der Waals surface area contributed by atoms with E-state index in [4.69, 9.17) is 9.84 Å². The van der Waals surface area contributed by atoms with Gasteiger partial charge in [-0.25, -0.2) is 0 Å². The minimum Gasteiger partial charge on any atom is -0.481 e. The summed E-state index contributed by atoms with van der Waals surface area (Å²) in [6.45, 7) is 5.76. The smallest absolute Gasteiger partial charge is 0.307 e. The van der Waals surface area contributed by atoms with Gasteiger partial charge in [-0.15, -0.1) is 0 Å². The van der Waals surface area contributed by atoms with Gasteiger partial charge in [0.2, 0.25) is 0 Å². The summed E-state index contributed by atoms with van der Waals surface area (Å²) >= 11 is 0. The lowest BCUT2D eigenvalue weighted by Crippen LogP contribution is -2.46. The van der Waals surface area contributed by atoms with Crippen LogP contribution in [0.2, 0.25) is 0 Å². The van der Waals surface area contributed by atoms with Crippen LogP contribution < -0.4 is 0 Å². The highest BCUT2D eigenvalue weighted by Crippen LogP contribution is 2.06. The predicted octanol–water partition coefficient (Wildman–Crippen LogP) is -0.0305. The van der Waals surface area contributed by atoms with Gasteiger partial charge in [0.1, 0.15) is 0 Å². The second kappa shape index (κ2) is 6.18. The van der Waals surface area contributed by atoms with Crippen molar-refractivity contribution in [3.05, 3.63) is 0 Å². The Morgan fingerprint density at radius 1 is 1.69 bits per heavy atom. The molecule has 2 atom stereocenters. The molecule has 0 radical (unpaired) electrons. The summed E-state index contributed by atoms with van der Waals surface area (Å²) < 4.78 is 5.63. The molecule has 1 heterocycles. The summed E-state index contributed by atoms with van der Waals surface area (Å²) in [7, 11) is 4.02. The van der Waals surface area contributed by atoms with Crippen molar-refractivity contribution in [1.29, 1.82) is 0 Å². The average Bonchev–Trinajstić information content (AvgIpc) is 2.16. The lowest BCUT2D eigenvalue weighted by atomic mass is 10.1. The van der Waals surface area contributed by atoms with Crippen molar-refractivity contribution in [2.75, 3.05) is 46.9 Å². The van der Waals surface area contributed by atoms with Crippen LogP contribution in [-0.2, 0) is 9.53 Å². The van der Waals surface area contributed by atoms with Crippen molar-refractivity contribution in [2.24, 2.45) is 5.92 Å².